The van der Waals surface area contributed by atoms with E-state index >= 15 is 0 Å². The molecule has 0 rings (SSSR count). The molecule has 0 aliphatic heterocycles. The summed E-state index contributed by atoms with van der Waals surface area (Å²) in [5.41, 5.74) is 0. The van der Waals surface area contributed by atoms with Crippen LogP contribution in [0.2, 0.25) is 0 Å². The van der Waals surface area contributed by atoms with Crippen molar-refractivity contribution in [1.29, 1.82) is 0 Å². The third kappa shape index (κ3) is 47.3. The van der Waals surface area contributed by atoms with Crippen LogP contribution in [0, 0.1) is 0 Å². The molecule has 0 bridgehead atoms. The highest BCUT2D eigenvalue weighted by molar-refractivity contribution is 5.78. The third-order valence-corrected chi connectivity index (χ3v) is 11.9. The Morgan fingerprint density at radius 2 is 0.848 bits per heavy atom. The van der Waals surface area contributed by atoms with Crippen molar-refractivity contribution in [2.75, 3.05) is 6.61 Å². The van der Waals surface area contributed by atoms with E-state index in [0.29, 0.717) is 19.3 Å². The molecule has 3 N–H and O–H groups in total. The monoisotopic (exact) mass is 918 g/mol. The van der Waals surface area contributed by atoms with Crippen LogP contribution in [0.15, 0.2) is 97.2 Å². The summed E-state index contributed by atoms with van der Waals surface area (Å²) in [6.07, 6.45) is 70.7. The van der Waals surface area contributed by atoms with E-state index in [0.717, 1.165) is 77.0 Å². The van der Waals surface area contributed by atoms with Crippen molar-refractivity contribution in [2.45, 2.75) is 264 Å². The number of ether oxygens (including phenoxy) is 1. The van der Waals surface area contributed by atoms with Crippen LogP contribution in [0.1, 0.15) is 245 Å². The van der Waals surface area contributed by atoms with Crippen LogP contribution in [-0.2, 0) is 14.3 Å². The van der Waals surface area contributed by atoms with Crippen molar-refractivity contribution in [2.24, 2.45) is 0 Å². The number of amides is 1. The van der Waals surface area contributed by atoms with Gasteiger partial charge in [0.05, 0.1) is 25.2 Å². The molecule has 0 saturated carbocycles. The van der Waals surface area contributed by atoms with Gasteiger partial charge in [0.2, 0.25) is 5.91 Å². The molecule has 6 nitrogen and oxygen atoms in total. The Morgan fingerprint density at radius 3 is 1.32 bits per heavy atom. The van der Waals surface area contributed by atoms with Crippen molar-refractivity contribution in [3.63, 3.8) is 0 Å². The SMILES string of the molecule is CC/C=C\C/C=C\C/C=C\C/C=C\C/C=C\C/C=C\C(CC(=O)NC(CO)C(O)CCCCCCCCCCCCC)OC(=O)CCCCCCCCCCC/C=C\C/C=C\CCCCC. The van der Waals surface area contributed by atoms with Crippen molar-refractivity contribution < 1.29 is 24.5 Å². The van der Waals surface area contributed by atoms with E-state index in [1.807, 2.05) is 6.08 Å². The Morgan fingerprint density at radius 1 is 0.470 bits per heavy atom. The minimum Gasteiger partial charge on any atom is -0.458 e. The number of unbranched alkanes of at least 4 members (excludes halogenated alkanes) is 22. The number of allylic oxidation sites excluding steroid dienone is 15. The number of hydrogen-bond donors (Lipinski definition) is 3. The predicted octanol–water partition coefficient (Wildman–Crippen LogP) is 16.9. The van der Waals surface area contributed by atoms with Gasteiger partial charge in [0, 0.05) is 6.42 Å². The minimum atomic E-state index is -0.825. The van der Waals surface area contributed by atoms with Gasteiger partial charge in [-0.1, -0.05) is 240 Å². The summed E-state index contributed by atoms with van der Waals surface area (Å²) in [4.78, 5) is 26.2. The van der Waals surface area contributed by atoms with Crippen molar-refractivity contribution in [3.8, 4) is 0 Å². The van der Waals surface area contributed by atoms with Gasteiger partial charge < -0.3 is 20.3 Å². The maximum atomic E-state index is 13.2. The molecule has 0 aliphatic carbocycles. The quantitative estimate of drug-likeness (QED) is 0.0321. The molecule has 3 atom stereocenters. The molecule has 0 spiro atoms. The molecule has 378 valence electrons. The molecule has 6 heteroatoms. The van der Waals surface area contributed by atoms with Gasteiger partial charge in [-0.15, -0.1) is 0 Å². The van der Waals surface area contributed by atoms with Gasteiger partial charge >= 0.3 is 5.97 Å². The second-order valence-electron chi connectivity index (χ2n) is 18.2. The van der Waals surface area contributed by atoms with Crippen LogP contribution in [-0.4, -0.2) is 46.9 Å². The summed E-state index contributed by atoms with van der Waals surface area (Å²) in [5.74, 6) is -0.638. The number of rotatable bonds is 48. The van der Waals surface area contributed by atoms with E-state index < -0.39 is 18.2 Å². The molecule has 3 unspecified atom stereocenters. The standard InChI is InChI=1S/C60H103NO5/c1-4-7-10-13-16-19-22-24-26-28-29-31-33-35-38-41-44-47-50-53-60(65)66-56(51-48-45-42-39-37-34-32-30-27-25-23-20-17-14-11-8-5-2)54-59(64)61-57(55-62)58(63)52-49-46-43-40-36-21-18-15-12-9-6-3/h8,11,16-17,19-20,24-27,32,34,39,42,48,51,56-58,62-63H,4-7,9-10,12-15,18,21-23,28-31,33,35-38,40-41,43-47,49-50,52-55H2,1-3H3,(H,61,64)/b11-8-,19-16-,20-17-,26-24-,27-25-,34-32-,42-39-,51-48-. The average molecular weight is 918 g/mol. The Balaban J connectivity index is 4.74. The maximum Gasteiger partial charge on any atom is 0.306 e. The van der Waals surface area contributed by atoms with Crippen molar-refractivity contribution >= 4 is 11.9 Å². The third-order valence-electron chi connectivity index (χ3n) is 11.9. The zero-order valence-corrected chi connectivity index (χ0v) is 43.0. The Bertz CT molecular complexity index is 1310. The number of aliphatic hydroxyl groups is 2. The number of nitrogens with one attached hydrogen (secondary N) is 1. The zero-order chi connectivity index (χ0) is 48.1. The molecule has 0 heterocycles. The van der Waals surface area contributed by atoms with Crippen LogP contribution in [0.5, 0.6) is 0 Å². The number of carbonyl (C=O) groups is 2. The van der Waals surface area contributed by atoms with Crippen molar-refractivity contribution in [1.82, 2.24) is 5.32 Å². The fourth-order valence-corrected chi connectivity index (χ4v) is 7.75. The first kappa shape index (κ1) is 62.8. The smallest absolute Gasteiger partial charge is 0.306 e. The van der Waals surface area contributed by atoms with Gasteiger partial charge in [0.15, 0.2) is 0 Å². The highest BCUT2D eigenvalue weighted by atomic mass is 16.5. The topological polar surface area (TPSA) is 95.9 Å². The summed E-state index contributed by atoms with van der Waals surface area (Å²) >= 11 is 0. The second-order valence-corrected chi connectivity index (χ2v) is 18.2. The highest BCUT2D eigenvalue weighted by Crippen LogP contribution is 2.16. The normalized spacial score (nSPS) is 14.0. The fourth-order valence-electron chi connectivity index (χ4n) is 7.75. The second kappa shape index (κ2) is 52.7. The number of esters is 1. The molecule has 0 aromatic heterocycles. The summed E-state index contributed by atoms with van der Waals surface area (Å²) in [6.45, 7) is 6.30. The fraction of sp³-hybridized carbons (Fsp3) is 0.700. The van der Waals surface area contributed by atoms with E-state index in [9.17, 15) is 19.8 Å². The zero-order valence-electron chi connectivity index (χ0n) is 43.0. The molecule has 0 aliphatic rings. The van der Waals surface area contributed by atoms with Crippen LogP contribution < -0.4 is 5.32 Å². The highest BCUT2D eigenvalue weighted by Gasteiger charge is 2.23. The summed E-state index contributed by atoms with van der Waals surface area (Å²) in [5, 5.41) is 23.7. The summed E-state index contributed by atoms with van der Waals surface area (Å²) < 4.78 is 5.84. The van der Waals surface area contributed by atoms with Gasteiger partial charge in [-0.25, -0.2) is 0 Å². The van der Waals surface area contributed by atoms with Crippen LogP contribution in [0.3, 0.4) is 0 Å². The lowest BCUT2D eigenvalue weighted by molar-refractivity contribution is -0.148. The summed E-state index contributed by atoms with van der Waals surface area (Å²) in [6, 6.07) is -0.748. The van der Waals surface area contributed by atoms with E-state index in [-0.39, 0.29) is 24.9 Å². The molecule has 0 aromatic rings. The number of hydrogen-bond acceptors (Lipinski definition) is 5. The number of aliphatic hydroxyl groups excluding tert-OH is 2. The van der Waals surface area contributed by atoms with Gasteiger partial charge in [0.1, 0.15) is 6.10 Å². The molecule has 0 aromatic carbocycles. The van der Waals surface area contributed by atoms with E-state index in [1.54, 1.807) is 6.08 Å². The van der Waals surface area contributed by atoms with E-state index in [2.05, 4.69) is 111 Å². The summed E-state index contributed by atoms with van der Waals surface area (Å²) in [7, 11) is 0. The van der Waals surface area contributed by atoms with Gasteiger partial charge in [-0.3, -0.25) is 9.59 Å². The van der Waals surface area contributed by atoms with Gasteiger partial charge in [-0.05, 0) is 89.5 Å². The first-order valence-electron chi connectivity index (χ1n) is 27.5. The average Bonchev–Trinajstić information content (AvgIpc) is 3.31. The van der Waals surface area contributed by atoms with Gasteiger partial charge in [0.25, 0.3) is 0 Å². The van der Waals surface area contributed by atoms with Crippen molar-refractivity contribution in [3.05, 3.63) is 97.2 Å². The lowest BCUT2D eigenvalue weighted by Crippen LogP contribution is -2.46. The molecule has 0 saturated heterocycles. The predicted molar refractivity (Wildman–Crippen MR) is 287 cm³/mol. The number of carbonyl (C=O) groups excluding carboxylic acids is 2. The molecular weight excluding hydrogens is 815 g/mol. The van der Waals surface area contributed by atoms with Crippen LogP contribution in [0.25, 0.3) is 0 Å². The molecule has 1 amide bonds. The van der Waals surface area contributed by atoms with E-state index in [4.69, 9.17) is 4.74 Å². The molecular formula is C60H103NO5. The Kier molecular flexibility index (Phi) is 50.2. The molecule has 0 radical (unpaired) electrons. The lowest BCUT2D eigenvalue weighted by Gasteiger charge is -2.23. The largest absolute Gasteiger partial charge is 0.458 e. The molecule has 0 fully saturated rings. The van der Waals surface area contributed by atoms with Gasteiger partial charge in [-0.2, -0.15) is 0 Å². The van der Waals surface area contributed by atoms with Crippen LogP contribution >= 0.6 is 0 Å². The maximum absolute atomic E-state index is 13.2. The minimum absolute atomic E-state index is 0.0532. The van der Waals surface area contributed by atoms with Crippen LogP contribution in [0.4, 0.5) is 0 Å². The van der Waals surface area contributed by atoms with E-state index in [1.165, 1.54) is 122 Å². The lowest BCUT2D eigenvalue weighted by atomic mass is 10.0. The first-order valence-corrected chi connectivity index (χ1v) is 27.5. The Hall–Kier alpha value is -3.22. The Labute approximate surface area is 407 Å². The first-order chi connectivity index (χ1) is 32.5. The molecule has 66 heavy (non-hydrogen) atoms.